The van der Waals surface area contributed by atoms with Gasteiger partial charge in [0.1, 0.15) is 11.6 Å². The number of hydrogen-bond acceptors (Lipinski definition) is 3. The fraction of sp³-hybridized carbons (Fsp3) is 0.571. The first-order valence-corrected chi connectivity index (χ1v) is 6.31. The molecule has 3 nitrogen and oxygen atoms in total. The van der Waals surface area contributed by atoms with E-state index in [1.807, 2.05) is 6.92 Å². The fourth-order valence-electron chi connectivity index (χ4n) is 2.02. The summed E-state index contributed by atoms with van der Waals surface area (Å²) in [5.74, 6) is -1.52. The van der Waals surface area contributed by atoms with Gasteiger partial charge in [-0.25, -0.2) is 8.78 Å². The van der Waals surface area contributed by atoms with Crippen LogP contribution in [0.3, 0.4) is 0 Å². The SMILES string of the molecule is CCN(CC(O)c1c(F)cccc1F)CC(C)(C)O. The summed E-state index contributed by atoms with van der Waals surface area (Å²) < 4.78 is 27.1. The van der Waals surface area contributed by atoms with Gasteiger partial charge >= 0.3 is 0 Å². The van der Waals surface area contributed by atoms with Crippen molar-refractivity contribution in [3.8, 4) is 0 Å². The third-order valence-corrected chi connectivity index (χ3v) is 2.82. The van der Waals surface area contributed by atoms with Crippen molar-refractivity contribution in [2.75, 3.05) is 19.6 Å². The van der Waals surface area contributed by atoms with Gasteiger partial charge in [-0.3, -0.25) is 4.90 Å². The first-order valence-electron chi connectivity index (χ1n) is 6.31. The highest BCUT2D eigenvalue weighted by Gasteiger charge is 2.23. The fourth-order valence-corrected chi connectivity index (χ4v) is 2.02. The van der Waals surface area contributed by atoms with Crippen molar-refractivity contribution < 1.29 is 19.0 Å². The maximum absolute atomic E-state index is 13.5. The summed E-state index contributed by atoms with van der Waals surface area (Å²) in [6, 6.07) is 3.50. The molecule has 0 aromatic heterocycles. The van der Waals surface area contributed by atoms with Gasteiger partial charge in [0.25, 0.3) is 0 Å². The smallest absolute Gasteiger partial charge is 0.131 e. The number of halogens is 2. The number of aliphatic hydroxyl groups is 2. The zero-order valence-corrected chi connectivity index (χ0v) is 11.5. The molecule has 0 aliphatic rings. The average Bonchev–Trinajstić information content (AvgIpc) is 2.25. The number of rotatable bonds is 6. The average molecular weight is 273 g/mol. The molecule has 108 valence electrons. The molecule has 0 amide bonds. The zero-order chi connectivity index (χ0) is 14.6. The van der Waals surface area contributed by atoms with Gasteiger partial charge in [-0.05, 0) is 32.5 Å². The molecule has 19 heavy (non-hydrogen) atoms. The lowest BCUT2D eigenvalue weighted by Gasteiger charge is -2.29. The highest BCUT2D eigenvalue weighted by molar-refractivity contribution is 5.22. The molecule has 1 unspecified atom stereocenters. The van der Waals surface area contributed by atoms with Crippen molar-refractivity contribution in [1.29, 1.82) is 0 Å². The van der Waals surface area contributed by atoms with E-state index in [4.69, 9.17) is 0 Å². The van der Waals surface area contributed by atoms with Crippen LogP contribution in [0.15, 0.2) is 18.2 Å². The number of nitrogens with zero attached hydrogens (tertiary/aromatic N) is 1. The summed E-state index contributed by atoms with van der Waals surface area (Å²) in [6.45, 7) is 6.10. The van der Waals surface area contributed by atoms with Gasteiger partial charge in [-0.2, -0.15) is 0 Å². The predicted molar refractivity (Wildman–Crippen MR) is 69.7 cm³/mol. The lowest BCUT2D eigenvalue weighted by molar-refractivity contribution is 0.0192. The van der Waals surface area contributed by atoms with Crippen molar-refractivity contribution in [3.05, 3.63) is 35.4 Å². The van der Waals surface area contributed by atoms with Crippen LogP contribution < -0.4 is 0 Å². The molecule has 0 aliphatic heterocycles. The molecule has 0 aliphatic carbocycles. The quantitative estimate of drug-likeness (QED) is 0.834. The van der Waals surface area contributed by atoms with Crippen molar-refractivity contribution in [1.82, 2.24) is 4.90 Å². The van der Waals surface area contributed by atoms with Crippen LogP contribution >= 0.6 is 0 Å². The number of benzene rings is 1. The lowest BCUT2D eigenvalue weighted by Crippen LogP contribution is -2.40. The summed E-state index contributed by atoms with van der Waals surface area (Å²) in [5, 5.41) is 19.7. The van der Waals surface area contributed by atoms with Crippen LogP contribution in [0.1, 0.15) is 32.4 Å². The Labute approximate surface area is 112 Å². The molecule has 0 fully saturated rings. The first kappa shape index (κ1) is 16.0. The second-order valence-corrected chi connectivity index (χ2v) is 5.29. The van der Waals surface area contributed by atoms with Crippen molar-refractivity contribution in [3.63, 3.8) is 0 Å². The van der Waals surface area contributed by atoms with Gasteiger partial charge in [-0.15, -0.1) is 0 Å². The molecule has 0 spiro atoms. The summed E-state index contributed by atoms with van der Waals surface area (Å²) >= 11 is 0. The Bertz CT molecular complexity index is 398. The van der Waals surface area contributed by atoms with Crippen LogP contribution in [0.5, 0.6) is 0 Å². The molecule has 0 saturated heterocycles. The van der Waals surface area contributed by atoms with E-state index >= 15 is 0 Å². The second-order valence-electron chi connectivity index (χ2n) is 5.29. The molecule has 0 heterocycles. The maximum Gasteiger partial charge on any atom is 0.131 e. The molecule has 1 rings (SSSR count). The topological polar surface area (TPSA) is 43.7 Å². The Kier molecular flexibility index (Phi) is 5.40. The van der Waals surface area contributed by atoms with E-state index in [-0.39, 0.29) is 12.1 Å². The molecule has 0 saturated carbocycles. The molecular weight excluding hydrogens is 252 g/mol. The highest BCUT2D eigenvalue weighted by Crippen LogP contribution is 2.22. The van der Waals surface area contributed by atoms with Crippen molar-refractivity contribution in [2.45, 2.75) is 32.5 Å². The lowest BCUT2D eigenvalue weighted by atomic mass is 10.1. The number of hydrogen-bond donors (Lipinski definition) is 2. The summed E-state index contributed by atoms with van der Waals surface area (Å²) in [6.07, 6.45) is -1.26. The minimum atomic E-state index is -1.26. The van der Waals surface area contributed by atoms with Gasteiger partial charge in [-0.1, -0.05) is 13.0 Å². The predicted octanol–water partition coefficient (Wildman–Crippen LogP) is 2.09. The van der Waals surface area contributed by atoms with Gasteiger partial charge in [0.2, 0.25) is 0 Å². The van der Waals surface area contributed by atoms with E-state index in [1.165, 1.54) is 6.07 Å². The Morgan fingerprint density at radius 1 is 1.26 bits per heavy atom. The maximum atomic E-state index is 13.5. The molecule has 0 radical (unpaired) electrons. The van der Waals surface area contributed by atoms with E-state index in [2.05, 4.69) is 0 Å². The van der Waals surface area contributed by atoms with Crippen molar-refractivity contribution in [2.24, 2.45) is 0 Å². The number of aliphatic hydroxyl groups excluding tert-OH is 1. The van der Waals surface area contributed by atoms with Crippen LogP contribution in [0.2, 0.25) is 0 Å². The van der Waals surface area contributed by atoms with Gasteiger partial charge in [0, 0.05) is 13.1 Å². The van der Waals surface area contributed by atoms with Crippen LogP contribution in [0, 0.1) is 11.6 Å². The van der Waals surface area contributed by atoms with E-state index in [0.717, 1.165) is 12.1 Å². The molecule has 5 heteroatoms. The first-order chi connectivity index (χ1) is 8.74. The standard InChI is InChI=1S/C14H21F2NO2/c1-4-17(9-14(2,3)19)8-12(18)13-10(15)6-5-7-11(13)16/h5-7,12,18-19H,4,8-9H2,1-3H3. The second kappa shape index (κ2) is 6.41. The Morgan fingerprint density at radius 3 is 2.21 bits per heavy atom. The van der Waals surface area contributed by atoms with Crippen LogP contribution in [-0.2, 0) is 0 Å². The van der Waals surface area contributed by atoms with E-state index in [9.17, 15) is 19.0 Å². The number of likely N-dealkylation sites (N-methyl/N-ethyl adjacent to an activating group) is 1. The Hall–Kier alpha value is -1.04. The third kappa shape index (κ3) is 4.86. The van der Waals surface area contributed by atoms with E-state index < -0.39 is 23.3 Å². The van der Waals surface area contributed by atoms with Crippen LogP contribution in [-0.4, -0.2) is 40.3 Å². The van der Waals surface area contributed by atoms with E-state index in [0.29, 0.717) is 13.1 Å². The van der Waals surface area contributed by atoms with Gasteiger partial charge in [0.15, 0.2) is 0 Å². The zero-order valence-electron chi connectivity index (χ0n) is 11.5. The minimum absolute atomic E-state index is 0.0678. The normalized spacial score (nSPS) is 13.9. The summed E-state index contributed by atoms with van der Waals surface area (Å²) in [5.41, 5.74) is -1.25. The van der Waals surface area contributed by atoms with Crippen molar-refractivity contribution >= 4 is 0 Å². The van der Waals surface area contributed by atoms with Crippen LogP contribution in [0.25, 0.3) is 0 Å². The Morgan fingerprint density at radius 2 is 1.79 bits per heavy atom. The molecule has 1 aromatic rings. The molecule has 1 aromatic carbocycles. The third-order valence-electron chi connectivity index (χ3n) is 2.82. The Balaban J connectivity index is 2.80. The summed E-state index contributed by atoms with van der Waals surface area (Å²) in [7, 11) is 0. The summed E-state index contributed by atoms with van der Waals surface area (Å²) in [4.78, 5) is 1.75. The molecule has 2 N–H and O–H groups in total. The van der Waals surface area contributed by atoms with Gasteiger partial charge < -0.3 is 10.2 Å². The minimum Gasteiger partial charge on any atom is -0.389 e. The molecular formula is C14H21F2NO2. The van der Waals surface area contributed by atoms with Gasteiger partial charge in [0.05, 0.1) is 17.3 Å². The largest absolute Gasteiger partial charge is 0.389 e. The molecule has 0 bridgehead atoms. The van der Waals surface area contributed by atoms with Crippen LogP contribution in [0.4, 0.5) is 8.78 Å². The van der Waals surface area contributed by atoms with E-state index in [1.54, 1.807) is 18.7 Å². The monoisotopic (exact) mass is 273 g/mol. The molecule has 1 atom stereocenters. The highest BCUT2D eigenvalue weighted by atomic mass is 19.1.